The zero-order valence-electron chi connectivity index (χ0n) is 18.3. The molecule has 7 nitrogen and oxygen atoms in total. The monoisotopic (exact) mass is 448 g/mol. The number of rotatable bonds is 8. The van der Waals surface area contributed by atoms with Gasteiger partial charge in [0, 0.05) is 12.5 Å². The first-order valence-electron chi connectivity index (χ1n) is 11.3. The Hall–Kier alpha value is -3.61. The summed E-state index contributed by atoms with van der Waals surface area (Å²) in [7, 11) is 0. The van der Waals surface area contributed by atoms with Gasteiger partial charge in [-0.3, -0.25) is 9.59 Å². The van der Waals surface area contributed by atoms with E-state index in [4.69, 9.17) is 4.74 Å². The zero-order chi connectivity index (χ0) is 23.2. The van der Waals surface area contributed by atoms with Gasteiger partial charge in [-0.15, -0.1) is 0 Å². The summed E-state index contributed by atoms with van der Waals surface area (Å²) in [4.78, 5) is 36.4. The highest BCUT2D eigenvalue weighted by Crippen LogP contribution is 2.44. The summed E-state index contributed by atoms with van der Waals surface area (Å²) < 4.78 is 5.46. The predicted octanol–water partition coefficient (Wildman–Crippen LogP) is 3.84. The topological polar surface area (TPSA) is 105 Å². The lowest BCUT2D eigenvalue weighted by Crippen LogP contribution is -2.49. The van der Waals surface area contributed by atoms with E-state index >= 15 is 0 Å². The molecule has 7 heteroatoms. The van der Waals surface area contributed by atoms with Crippen LogP contribution in [-0.4, -0.2) is 42.3 Å². The SMILES string of the molecule is O=C(O)CC(NC(=O)OCC1c2ccccc2-c2ccccc21)C(=O)NCC1CC=CCC1. The summed E-state index contributed by atoms with van der Waals surface area (Å²) in [5, 5.41) is 14.4. The zero-order valence-corrected chi connectivity index (χ0v) is 18.3. The van der Waals surface area contributed by atoms with Crippen molar-refractivity contribution in [1.29, 1.82) is 0 Å². The molecular formula is C26H28N2O5. The van der Waals surface area contributed by atoms with Crippen LogP contribution in [0.5, 0.6) is 0 Å². The second-order valence-corrected chi connectivity index (χ2v) is 8.52. The molecule has 0 radical (unpaired) electrons. The Morgan fingerprint density at radius 2 is 1.67 bits per heavy atom. The minimum Gasteiger partial charge on any atom is -0.481 e. The van der Waals surface area contributed by atoms with Crippen LogP contribution in [0.15, 0.2) is 60.7 Å². The van der Waals surface area contributed by atoms with E-state index in [0.717, 1.165) is 41.5 Å². The Labute approximate surface area is 192 Å². The molecule has 2 amide bonds. The Morgan fingerprint density at radius 3 is 2.27 bits per heavy atom. The van der Waals surface area contributed by atoms with E-state index in [0.29, 0.717) is 12.5 Å². The first-order valence-corrected chi connectivity index (χ1v) is 11.3. The number of allylic oxidation sites excluding steroid dienone is 2. The highest BCUT2D eigenvalue weighted by molar-refractivity contribution is 5.89. The van der Waals surface area contributed by atoms with Gasteiger partial charge in [-0.2, -0.15) is 0 Å². The smallest absolute Gasteiger partial charge is 0.407 e. The normalized spacial score (nSPS) is 17.5. The van der Waals surface area contributed by atoms with Crippen molar-refractivity contribution in [3.63, 3.8) is 0 Å². The fourth-order valence-electron chi connectivity index (χ4n) is 4.58. The second kappa shape index (κ2) is 10.3. The summed E-state index contributed by atoms with van der Waals surface area (Å²) >= 11 is 0. The van der Waals surface area contributed by atoms with Gasteiger partial charge in [-0.05, 0) is 47.4 Å². The summed E-state index contributed by atoms with van der Waals surface area (Å²) in [5.74, 6) is -1.48. The minimum absolute atomic E-state index is 0.0929. The van der Waals surface area contributed by atoms with Gasteiger partial charge in [0.15, 0.2) is 0 Å². The van der Waals surface area contributed by atoms with Crippen molar-refractivity contribution in [1.82, 2.24) is 10.6 Å². The average Bonchev–Trinajstić information content (AvgIpc) is 3.15. The molecule has 0 heterocycles. The maximum absolute atomic E-state index is 12.6. The summed E-state index contributed by atoms with van der Waals surface area (Å²) in [6.07, 6.45) is 5.70. The number of alkyl carbamates (subject to hydrolysis) is 1. The molecule has 2 unspecified atom stereocenters. The van der Waals surface area contributed by atoms with Gasteiger partial charge in [-0.1, -0.05) is 60.7 Å². The lowest BCUT2D eigenvalue weighted by molar-refractivity contribution is -0.139. The van der Waals surface area contributed by atoms with Crippen molar-refractivity contribution >= 4 is 18.0 Å². The summed E-state index contributed by atoms with van der Waals surface area (Å²) in [5.41, 5.74) is 4.38. The van der Waals surface area contributed by atoms with Gasteiger partial charge in [-0.25, -0.2) is 4.79 Å². The van der Waals surface area contributed by atoms with Crippen molar-refractivity contribution in [2.45, 2.75) is 37.6 Å². The van der Waals surface area contributed by atoms with Crippen molar-refractivity contribution in [3.05, 3.63) is 71.8 Å². The van der Waals surface area contributed by atoms with Crippen molar-refractivity contribution < 1.29 is 24.2 Å². The molecule has 0 saturated carbocycles. The fourth-order valence-corrected chi connectivity index (χ4v) is 4.58. The van der Waals surface area contributed by atoms with Gasteiger partial charge in [0.1, 0.15) is 12.6 Å². The van der Waals surface area contributed by atoms with Crippen LogP contribution in [0.25, 0.3) is 11.1 Å². The molecule has 0 fully saturated rings. The molecule has 0 aliphatic heterocycles. The van der Waals surface area contributed by atoms with Gasteiger partial charge >= 0.3 is 12.1 Å². The third-order valence-corrected chi connectivity index (χ3v) is 6.27. The number of carboxylic acids is 1. The maximum Gasteiger partial charge on any atom is 0.407 e. The molecule has 0 spiro atoms. The molecule has 0 saturated heterocycles. The van der Waals surface area contributed by atoms with Crippen LogP contribution in [0.3, 0.4) is 0 Å². The molecule has 2 aliphatic rings. The molecule has 2 aromatic carbocycles. The Bertz CT molecular complexity index is 1020. The number of aliphatic carboxylic acids is 1. The van der Waals surface area contributed by atoms with Crippen LogP contribution in [-0.2, 0) is 14.3 Å². The number of amides is 2. The van der Waals surface area contributed by atoms with E-state index in [9.17, 15) is 19.5 Å². The summed E-state index contributed by atoms with van der Waals surface area (Å²) in [6, 6.07) is 14.8. The molecule has 2 aliphatic carbocycles. The lowest BCUT2D eigenvalue weighted by atomic mass is 9.94. The van der Waals surface area contributed by atoms with E-state index in [1.54, 1.807) is 0 Å². The minimum atomic E-state index is -1.20. The first kappa shape index (κ1) is 22.6. The number of fused-ring (bicyclic) bond motifs is 3. The van der Waals surface area contributed by atoms with Crippen molar-refractivity contribution in [3.8, 4) is 11.1 Å². The van der Waals surface area contributed by atoms with Crippen LogP contribution in [0, 0.1) is 5.92 Å². The molecule has 0 aromatic heterocycles. The molecule has 2 aromatic rings. The third-order valence-electron chi connectivity index (χ3n) is 6.27. The largest absolute Gasteiger partial charge is 0.481 e. The molecule has 172 valence electrons. The van der Waals surface area contributed by atoms with Crippen molar-refractivity contribution in [2.24, 2.45) is 5.92 Å². The molecule has 4 rings (SSSR count). The lowest BCUT2D eigenvalue weighted by Gasteiger charge is -2.21. The number of benzene rings is 2. The number of hydrogen-bond acceptors (Lipinski definition) is 4. The fraction of sp³-hybridized carbons (Fsp3) is 0.346. The molecule has 2 atom stereocenters. The number of carboxylic acid groups (broad SMARTS) is 1. The standard InChI is InChI=1S/C26H28N2O5/c29-24(30)14-23(25(31)27-15-17-8-2-1-3-9-17)28-26(32)33-16-22-20-12-6-4-10-18(20)19-11-5-7-13-21(19)22/h1-2,4-7,10-13,17,22-23H,3,8-9,14-16H2,(H,27,31)(H,28,32)(H,29,30). The highest BCUT2D eigenvalue weighted by Gasteiger charge is 2.30. The van der Waals surface area contributed by atoms with Crippen LogP contribution in [0.4, 0.5) is 4.79 Å². The van der Waals surface area contributed by atoms with Crippen LogP contribution >= 0.6 is 0 Å². The van der Waals surface area contributed by atoms with Crippen LogP contribution < -0.4 is 10.6 Å². The summed E-state index contributed by atoms with van der Waals surface area (Å²) in [6.45, 7) is 0.543. The molecule has 3 N–H and O–H groups in total. The van der Waals surface area contributed by atoms with E-state index in [1.807, 2.05) is 48.5 Å². The molecular weight excluding hydrogens is 420 g/mol. The number of ether oxygens (including phenoxy) is 1. The van der Waals surface area contributed by atoms with Crippen LogP contribution in [0.1, 0.15) is 42.7 Å². The van der Waals surface area contributed by atoms with Gasteiger partial charge < -0.3 is 20.5 Å². The van der Waals surface area contributed by atoms with Gasteiger partial charge in [0.05, 0.1) is 6.42 Å². The molecule has 33 heavy (non-hydrogen) atoms. The second-order valence-electron chi connectivity index (χ2n) is 8.52. The van der Waals surface area contributed by atoms with Gasteiger partial charge in [0.25, 0.3) is 0 Å². The van der Waals surface area contributed by atoms with Crippen molar-refractivity contribution in [2.75, 3.05) is 13.2 Å². The van der Waals surface area contributed by atoms with E-state index in [1.165, 1.54) is 0 Å². The number of hydrogen-bond donors (Lipinski definition) is 3. The maximum atomic E-state index is 12.6. The Morgan fingerprint density at radius 1 is 1.00 bits per heavy atom. The van der Waals surface area contributed by atoms with E-state index < -0.39 is 30.4 Å². The quantitative estimate of drug-likeness (QED) is 0.532. The number of nitrogens with one attached hydrogen (secondary N) is 2. The average molecular weight is 449 g/mol. The number of carbonyl (C=O) groups is 3. The van der Waals surface area contributed by atoms with E-state index in [-0.39, 0.29) is 12.5 Å². The first-order chi connectivity index (χ1) is 16.0. The number of carbonyl (C=O) groups excluding carboxylic acids is 2. The Balaban J connectivity index is 1.36. The van der Waals surface area contributed by atoms with Crippen LogP contribution in [0.2, 0.25) is 0 Å². The van der Waals surface area contributed by atoms with E-state index in [2.05, 4.69) is 22.8 Å². The highest BCUT2D eigenvalue weighted by atomic mass is 16.5. The third kappa shape index (κ3) is 5.42. The molecule has 0 bridgehead atoms. The predicted molar refractivity (Wildman–Crippen MR) is 124 cm³/mol. The Kier molecular flexibility index (Phi) is 7.07. The van der Waals surface area contributed by atoms with Gasteiger partial charge in [0.2, 0.25) is 5.91 Å².